The van der Waals surface area contributed by atoms with Crippen molar-refractivity contribution in [3.63, 3.8) is 0 Å². The Morgan fingerprint density at radius 2 is 1.71 bits per heavy atom. The summed E-state index contributed by atoms with van der Waals surface area (Å²) in [6.07, 6.45) is 3.17. The van der Waals surface area contributed by atoms with Crippen LogP contribution in [0.2, 0.25) is 0 Å². The second kappa shape index (κ2) is 9.71. The molecule has 1 aromatic carbocycles. The van der Waals surface area contributed by atoms with Gasteiger partial charge in [-0.3, -0.25) is 4.79 Å². The number of hydrogen-bond donors (Lipinski definition) is 1. The minimum Gasteiger partial charge on any atom is -0.444 e. The van der Waals surface area contributed by atoms with Crippen molar-refractivity contribution in [3.05, 3.63) is 42.2 Å². The summed E-state index contributed by atoms with van der Waals surface area (Å²) in [6, 6.07) is 8.02. The van der Waals surface area contributed by atoms with E-state index in [2.05, 4.69) is 46.2 Å². The highest BCUT2D eigenvalue weighted by Crippen LogP contribution is 2.43. The van der Waals surface area contributed by atoms with Gasteiger partial charge in [0.2, 0.25) is 11.9 Å². The van der Waals surface area contributed by atoms with Crippen LogP contribution in [0.3, 0.4) is 0 Å². The van der Waals surface area contributed by atoms with E-state index in [9.17, 15) is 9.59 Å². The zero-order valence-electron chi connectivity index (χ0n) is 21.5. The Hall–Kier alpha value is -3.36. The van der Waals surface area contributed by atoms with Crippen LogP contribution in [-0.4, -0.2) is 64.7 Å². The molecule has 3 heterocycles. The molecule has 0 spiro atoms. The molecular weight excluding hydrogens is 444 g/mol. The van der Waals surface area contributed by atoms with Gasteiger partial charge in [-0.2, -0.15) is 0 Å². The molecule has 2 aromatic rings. The van der Waals surface area contributed by atoms with Gasteiger partial charge in [0.05, 0.1) is 6.04 Å². The van der Waals surface area contributed by atoms with Crippen LogP contribution in [0.1, 0.15) is 53.1 Å². The number of carbonyl (C=O) groups excluding carboxylic acids is 2. The van der Waals surface area contributed by atoms with Crippen LogP contribution in [0.4, 0.5) is 22.1 Å². The number of amides is 2. The summed E-state index contributed by atoms with van der Waals surface area (Å²) in [7, 11) is 0. The Labute approximate surface area is 207 Å². The van der Waals surface area contributed by atoms with Gasteiger partial charge in [-0.05, 0) is 52.0 Å². The van der Waals surface area contributed by atoms with Crippen molar-refractivity contribution >= 4 is 29.3 Å². The second-order valence-corrected chi connectivity index (χ2v) is 10.4. The minimum absolute atomic E-state index is 0.0180. The van der Waals surface area contributed by atoms with Gasteiger partial charge in [0.25, 0.3) is 0 Å². The van der Waals surface area contributed by atoms with Crippen molar-refractivity contribution < 1.29 is 14.3 Å². The lowest BCUT2D eigenvalue weighted by molar-refractivity contribution is -0.117. The Kier molecular flexibility index (Phi) is 6.87. The monoisotopic (exact) mass is 480 g/mol. The van der Waals surface area contributed by atoms with Gasteiger partial charge in [0.15, 0.2) is 0 Å². The largest absolute Gasteiger partial charge is 0.444 e. The van der Waals surface area contributed by atoms with Crippen LogP contribution < -0.4 is 15.1 Å². The molecule has 0 bridgehead atoms. The van der Waals surface area contributed by atoms with Gasteiger partial charge in [0.1, 0.15) is 5.60 Å². The third kappa shape index (κ3) is 5.33. The maximum Gasteiger partial charge on any atom is 0.410 e. The van der Waals surface area contributed by atoms with Crippen LogP contribution in [0.25, 0.3) is 0 Å². The molecule has 0 radical (unpaired) electrons. The van der Waals surface area contributed by atoms with Crippen LogP contribution in [0.5, 0.6) is 0 Å². The van der Waals surface area contributed by atoms with Gasteiger partial charge in [-0.15, -0.1) is 0 Å². The molecule has 2 aliphatic rings. The third-order valence-corrected chi connectivity index (χ3v) is 6.79. The van der Waals surface area contributed by atoms with Gasteiger partial charge in [-0.1, -0.05) is 6.92 Å². The summed E-state index contributed by atoms with van der Waals surface area (Å²) in [5.41, 5.74) is 2.52. The van der Waals surface area contributed by atoms with Crippen LogP contribution in [0.15, 0.2) is 36.7 Å². The minimum atomic E-state index is -0.506. The number of piperazine rings is 1. The van der Waals surface area contributed by atoms with Crippen molar-refractivity contribution in [1.82, 2.24) is 14.9 Å². The summed E-state index contributed by atoms with van der Waals surface area (Å²) in [5.74, 6) is 0.725. The maximum absolute atomic E-state index is 12.6. The number of nitrogens with zero attached hydrogens (tertiary/aromatic N) is 5. The lowest BCUT2D eigenvalue weighted by Crippen LogP contribution is -2.50. The number of carbonyl (C=O) groups is 2. The Morgan fingerprint density at radius 3 is 2.31 bits per heavy atom. The van der Waals surface area contributed by atoms with E-state index in [0.717, 1.165) is 16.9 Å². The lowest BCUT2D eigenvalue weighted by Gasteiger charge is -2.44. The predicted octanol–water partition coefficient (Wildman–Crippen LogP) is 4.08. The van der Waals surface area contributed by atoms with Crippen molar-refractivity contribution in [1.29, 1.82) is 0 Å². The fourth-order valence-corrected chi connectivity index (χ4v) is 4.88. The standard InChI is InChI=1S/C26H36N6O3/c1-17-18(2)32(19(3)33)22-9-8-20(16-21(22)23(17)29-24-27-10-7-11-28-24)30-12-14-31(15-13-30)25(34)35-26(4,5)6/h7-11,16-18,23H,12-15H2,1-6H3,(H,27,28,29)/t17-,18-,23+/m0/s1. The Balaban J connectivity index is 1.59. The summed E-state index contributed by atoms with van der Waals surface area (Å²) < 4.78 is 5.53. The summed E-state index contributed by atoms with van der Waals surface area (Å²) >= 11 is 0. The molecule has 4 rings (SSSR count). The molecule has 0 aliphatic carbocycles. The van der Waals surface area contributed by atoms with Crippen molar-refractivity contribution in [3.8, 4) is 0 Å². The first-order valence-electron chi connectivity index (χ1n) is 12.3. The highest BCUT2D eigenvalue weighted by Gasteiger charge is 2.39. The zero-order valence-corrected chi connectivity index (χ0v) is 21.5. The molecule has 1 fully saturated rings. The van der Waals surface area contributed by atoms with E-state index in [-0.39, 0.29) is 30.0 Å². The molecule has 1 aromatic heterocycles. The number of fused-ring (bicyclic) bond motifs is 1. The van der Waals surface area contributed by atoms with Crippen molar-refractivity contribution in [2.45, 2.75) is 59.2 Å². The molecule has 188 valence electrons. The molecule has 1 N–H and O–H groups in total. The van der Waals surface area contributed by atoms with E-state index in [0.29, 0.717) is 32.1 Å². The first-order chi connectivity index (χ1) is 16.5. The molecule has 0 unspecified atom stereocenters. The Bertz CT molecular complexity index is 1060. The summed E-state index contributed by atoms with van der Waals surface area (Å²) in [5, 5.41) is 3.50. The maximum atomic E-state index is 12.6. The normalized spacial score (nSPS) is 22.5. The number of benzene rings is 1. The molecule has 0 saturated carbocycles. The fraction of sp³-hybridized carbons (Fsp3) is 0.538. The molecular formula is C26H36N6O3. The van der Waals surface area contributed by atoms with Crippen LogP contribution in [0, 0.1) is 5.92 Å². The first kappa shape index (κ1) is 24.8. The van der Waals surface area contributed by atoms with Crippen molar-refractivity contribution in [2.75, 3.05) is 41.3 Å². The molecule has 2 aliphatic heterocycles. The molecule has 3 atom stereocenters. The van der Waals surface area contributed by atoms with E-state index in [1.165, 1.54) is 0 Å². The molecule has 1 saturated heterocycles. The van der Waals surface area contributed by atoms with E-state index >= 15 is 0 Å². The quantitative estimate of drug-likeness (QED) is 0.708. The highest BCUT2D eigenvalue weighted by atomic mass is 16.6. The second-order valence-electron chi connectivity index (χ2n) is 10.4. The van der Waals surface area contributed by atoms with Crippen molar-refractivity contribution in [2.24, 2.45) is 5.92 Å². The van der Waals surface area contributed by atoms with E-state index in [1.54, 1.807) is 30.3 Å². The number of aromatic nitrogens is 2. The molecule has 9 heteroatoms. The fourth-order valence-electron chi connectivity index (χ4n) is 4.88. The highest BCUT2D eigenvalue weighted by molar-refractivity contribution is 5.94. The molecule has 35 heavy (non-hydrogen) atoms. The third-order valence-electron chi connectivity index (χ3n) is 6.79. The molecule has 9 nitrogen and oxygen atoms in total. The van der Waals surface area contributed by atoms with Gasteiger partial charge in [-0.25, -0.2) is 14.8 Å². The smallest absolute Gasteiger partial charge is 0.410 e. The predicted molar refractivity (Wildman–Crippen MR) is 137 cm³/mol. The first-order valence-corrected chi connectivity index (χ1v) is 12.3. The summed E-state index contributed by atoms with van der Waals surface area (Å²) in [6.45, 7) is 14.1. The zero-order chi connectivity index (χ0) is 25.3. The topological polar surface area (TPSA) is 90.9 Å². The van der Waals surface area contributed by atoms with Crippen LogP contribution >= 0.6 is 0 Å². The van der Waals surface area contributed by atoms with E-state index in [1.807, 2.05) is 31.7 Å². The number of anilines is 3. The average molecular weight is 481 g/mol. The van der Waals surface area contributed by atoms with Gasteiger partial charge >= 0.3 is 6.09 Å². The van der Waals surface area contributed by atoms with Gasteiger partial charge in [0, 0.05) is 74.4 Å². The molecule has 2 amide bonds. The number of rotatable bonds is 3. The SMILES string of the molecule is CC(=O)N1c2ccc(N3CCN(C(=O)OC(C)(C)C)CC3)cc2[C@H](Nc2ncccn2)[C@@H](C)[C@@H]1C. The number of ether oxygens (including phenoxy) is 1. The van der Waals surface area contributed by atoms with E-state index < -0.39 is 5.60 Å². The lowest BCUT2D eigenvalue weighted by atomic mass is 9.82. The van der Waals surface area contributed by atoms with Crippen LogP contribution in [-0.2, 0) is 9.53 Å². The summed E-state index contributed by atoms with van der Waals surface area (Å²) in [4.78, 5) is 39.7. The average Bonchev–Trinajstić information content (AvgIpc) is 2.81. The number of hydrogen-bond acceptors (Lipinski definition) is 7. The van der Waals surface area contributed by atoms with Gasteiger partial charge < -0.3 is 24.8 Å². The Morgan fingerprint density at radius 1 is 1.06 bits per heavy atom. The van der Waals surface area contributed by atoms with E-state index in [4.69, 9.17) is 4.74 Å². The number of nitrogens with one attached hydrogen (secondary N) is 1.